The van der Waals surface area contributed by atoms with Gasteiger partial charge < -0.3 is 9.47 Å². The molecule has 0 unspecified atom stereocenters. The third-order valence-electron chi connectivity index (χ3n) is 2.96. The number of benzene rings is 1. The lowest BCUT2D eigenvalue weighted by Crippen LogP contribution is -2.22. The summed E-state index contributed by atoms with van der Waals surface area (Å²) in [6.45, 7) is 8.04. The first kappa shape index (κ1) is 16.4. The van der Waals surface area contributed by atoms with Crippen LogP contribution in [0.4, 0.5) is 0 Å². The van der Waals surface area contributed by atoms with Crippen molar-refractivity contribution in [1.29, 1.82) is 0 Å². The van der Waals surface area contributed by atoms with Gasteiger partial charge in [0.2, 0.25) is 0 Å². The van der Waals surface area contributed by atoms with Crippen molar-refractivity contribution >= 4 is 14.4 Å². The van der Waals surface area contributed by atoms with Crippen LogP contribution in [0.2, 0.25) is 25.7 Å². The van der Waals surface area contributed by atoms with Gasteiger partial charge in [0.1, 0.15) is 25.1 Å². The standard InChI is InChI=1S/C15H21N3O3Si/c1-22(2,3)9-8-20-12-18-11-16-15(17-18)21-14-6-4-13(10-19)5-7-14/h4-7,10-11H,8-9,12H2,1-3H3. The van der Waals surface area contributed by atoms with Gasteiger partial charge in [0.05, 0.1) is 0 Å². The molecule has 22 heavy (non-hydrogen) atoms. The highest BCUT2D eigenvalue weighted by Crippen LogP contribution is 2.17. The van der Waals surface area contributed by atoms with Gasteiger partial charge >= 0.3 is 6.01 Å². The van der Waals surface area contributed by atoms with E-state index in [1.807, 2.05) is 0 Å². The molecule has 0 aliphatic heterocycles. The zero-order valence-electron chi connectivity index (χ0n) is 13.2. The first-order valence-electron chi connectivity index (χ1n) is 7.16. The Kier molecular flexibility index (Phi) is 5.45. The Hall–Kier alpha value is -1.99. The molecular formula is C15H21N3O3Si. The van der Waals surface area contributed by atoms with Crippen molar-refractivity contribution in [2.24, 2.45) is 0 Å². The molecule has 118 valence electrons. The first-order chi connectivity index (χ1) is 10.5. The van der Waals surface area contributed by atoms with E-state index in [2.05, 4.69) is 29.7 Å². The van der Waals surface area contributed by atoms with Crippen molar-refractivity contribution in [3.8, 4) is 11.8 Å². The minimum absolute atomic E-state index is 0.257. The van der Waals surface area contributed by atoms with Crippen LogP contribution in [0.1, 0.15) is 10.4 Å². The quantitative estimate of drug-likeness (QED) is 0.425. The van der Waals surface area contributed by atoms with Crippen LogP contribution >= 0.6 is 0 Å². The van der Waals surface area contributed by atoms with Crippen molar-refractivity contribution < 1.29 is 14.3 Å². The van der Waals surface area contributed by atoms with E-state index in [1.54, 1.807) is 35.3 Å². The summed E-state index contributed by atoms with van der Waals surface area (Å²) in [5.41, 5.74) is 0.599. The predicted octanol–water partition coefficient (Wildman–Crippen LogP) is 3.20. The molecule has 0 amide bonds. The predicted molar refractivity (Wildman–Crippen MR) is 86.0 cm³/mol. The number of hydrogen-bond donors (Lipinski definition) is 0. The normalized spacial score (nSPS) is 11.4. The maximum absolute atomic E-state index is 10.6. The summed E-state index contributed by atoms with van der Waals surface area (Å²) in [7, 11) is -1.07. The van der Waals surface area contributed by atoms with Gasteiger partial charge in [0.15, 0.2) is 0 Å². The molecule has 0 fully saturated rings. The van der Waals surface area contributed by atoms with E-state index >= 15 is 0 Å². The van der Waals surface area contributed by atoms with E-state index in [0.717, 1.165) is 18.9 Å². The van der Waals surface area contributed by atoms with Gasteiger partial charge in [-0.3, -0.25) is 4.79 Å². The van der Waals surface area contributed by atoms with E-state index < -0.39 is 8.07 Å². The number of rotatable bonds is 8. The van der Waals surface area contributed by atoms with E-state index in [4.69, 9.17) is 9.47 Å². The fourth-order valence-corrected chi connectivity index (χ4v) is 2.40. The number of ether oxygens (including phenoxy) is 2. The summed E-state index contributed by atoms with van der Waals surface area (Å²) in [6, 6.07) is 8.14. The topological polar surface area (TPSA) is 66.2 Å². The molecule has 0 atom stereocenters. The summed E-state index contributed by atoms with van der Waals surface area (Å²) in [4.78, 5) is 14.7. The van der Waals surface area contributed by atoms with Crippen LogP contribution in [0, 0.1) is 0 Å². The van der Waals surface area contributed by atoms with E-state index in [9.17, 15) is 4.79 Å². The molecule has 0 saturated carbocycles. The molecule has 1 aromatic carbocycles. The van der Waals surface area contributed by atoms with Crippen molar-refractivity contribution in [1.82, 2.24) is 14.8 Å². The van der Waals surface area contributed by atoms with Crippen LogP contribution in [0.25, 0.3) is 0 Å². The highest BCUT2D eigenvalue weighted by molar-refractivity contribution is 6.76. The molecule has 2 aromatic rings. The first-order valence-corrected chi connectivity index (χ1v) is 10.9. The second-order valence-corrected chi connectivity index (χ2v) is 11.8. The van der Waals surface area contributed by atoms with Crippen molar-refractivity contribution in [3.63, 3.8) is 0 Å². The van der Waals surface area contributed by atoms with Gasteiger partial charge in [-0.15, -0.1) is 5.10 Å². The van der Waals surface area contributed by atoms with Gasteiger partial charge in [-0.1, -0.05) is 19.6 Å². The highest BCUT2D eigenvalue weighted by atomic mass is 28.3. The Balaban J connectivity index is 1.81. The van der Waals surface area contributed by atoms with Gasteiger partial charge in [-0.25, -0.2) is 4.68 Å². The molecular weight excluding hydrogens is 298 g/mol. The van der Waals surface area contributed by atoms with Crippen molar-refractivity contribution in [2.75, 3.05) is 6.61 Å². The fraction of sp³-hybridized carbons (Fsp3) is 0.400. The lowest BCUT2D eigenvalue weighted by Gasteiger charge is -2.15. The monoisotopic (exact) mass is 319 g/mol. The van der Waals surface area contributed by atoms with Gasteiger partial charge in [-0.05, 0) is 30.3 Å². The van der Waals surface area contributed by atoms with Gasteiger partial charge in [0.25, 0.3) is 0 Å². The minimum Gasteiger partial charge on any atom is -0.423 e. The summed E-state index contributed by atoms with van der Waals surface area (Å²) in [5, 5.41) is 4.18. The molecule has 0 N–H and O–H groups in total. The van der Waals surface area contributed by atoms with E-state index in [0.29, 0.717) is 18.0 Å². The molecule has 2 rings (SSSR count). The molecule has 6 nitrogen and oxygen atoms in total. The van der Waals surface area contributed by atoms with E-state index in [-0.39, 0.29) is 6.01 Å². The lowest BCUT2D eigenvalue weighted by molar-refractivity contribution is 0.0777. The number of hydrogen-bond acceptors (Lipinski definition) is 5. The zero-order chi connectivity index (χ0) is 16.0. The number of nitrogens with zero attached hydrogens (tertiary/aromatic N) is 3. The lowest BCUT2D eigenvalue weighted by atomic mass is 10.2. The van der Waals surface area contributed by atoms with Crippen molar-refractivity contribution in [2.45, 2.75) is 32.4 Å². The van der Waals surface area contributed by atoms with Gasteiger partial charge in [0, 0.05) is 20.2 Å². The summed E-state index contributed by atoms with van der Waals surface area (Å²) in [5.74, 6) is 0.586. The Morgan fingerprint density at radius 2 is 1.95 bits per heavy atom. The third kappa shape index (κ3) is 5.42. The number of aromatic nitrogens is 3. The third-order valence-corrected chi connectivity index (χ3v) is 4.66. The highest BCUT2D eigenvalue weighted by Gasteiger charge is 2.12. The van der Waals surface area contributed by atoms with E-state index in [1.165, 1.54) is 0 Å². The summed E-state index contributed by atoms with van der Waals surface area (Å²) >= 11 is 0. The molecule has 0 radical (unpaired) electrons. The van der Waals surface area contributed by atoms with Crippen LogP contribution in [0.15, 0.2) is 30.6 Å². The molecule has 1 heterocycles. The summed E-state index contributed by atoms with van der Waals surface area (Å²) < 4.78 is 12.7. The average molecular weight is 319 g/mol. The SMILES string of the molecule is C[Si](C)(C)CCOCn1cnc(Oc2ccc(C=O)cc2)n1. The molecule has 0 aliphatic carbocycles. The number of aldehydes is 1. The molecule has 7 heteroatoms. The van der Waals surface area contributed by atoms with Crippen LogP contribution in [0.5, 0.6) is 11.8 Å². The Bertz CT molecular complexity index is 605. The van der Waals surface area contributed by atoms with Crippen LogP contribution < -0.4 is 4.74 Å². The maximum Gasteiger partial charge on any atom is 0.341 e. The molecule has 0 bridgehead atoms. The Morgan fingerprint density at radius 3 is 2.59 bits per heavy atom. The average Bonchev–Trinajstić information content (AvgIpc) is 2.91. The molecule has 0 saturated heterocycles. The van der Waals surface area contributed by atoms with Crippen molar-refractivity contribution in [3.05, 3.63) is 36.2 Å². The molecule has 1 aromatic heterocycles. The largest absolute Gasteiger partial charge is 0.423 e. The Labute approximate surface area is 131 Å². The fourth-order valence-electron chi connectivity index (χ4n) is 1.64. The second kappa shape index (κ2) is 7.32. The zero-order valence-corrected chi connectivity index (χ0v) is 14.2. The molecule has 0 aliphatic rings. The van der Waals surface area contributed by atoms with Gasteiger partial charge in [-0.2, -0.15) is 4.98 Å². The van der Waals surface area contributed by atoms with Crippen LogP contribution in [-0.2, 0) is 11.5 Å². The minimum atomic E-state index is -1.07. The maximum atomic E-state index is 10.6. The second-order valence-electron chi connectivity index (χ2n) is 6.20. The Morgan fingerprint density at radius 1 is 1.23 bits per heavy atom. The number of carbonyl (C=O) groups excluding carboxylic acids is 1. The molecule has 0 spiro atoms. The van der Waals surface area contributed by atoms with Crippen LogP contribution in [-0.4, -0.2) is 35.7 Å². The van der Waals surface area contributed by atoms with Crippen LogP contribution in [0.3, 0.4) is 0 Å². The summed E-state index contributed by atoms with van der Waals surface area (Å²) in [6.07, 6.45) is 2.36. The smallest absolute Gasteiger partial charge is 0.341 e. The number of carbonyl (C=O) groups is 1.